The summed E-state index contributed by atoms with van der Waals surface area (Å²) < 4.78 is 7.69. The lowest BCUT2D eigenvalue weighted by Gasteiger charge is -2.34. The molecule has 0 radical (unpaired) electrons. The van der Waals surface area contributed by atoms with E-state index in [0.717, 1.165) is 17.1 Å². The molecule has 0 fully saturated rings. The van der Waals surface area contributed by atoms with E-state index < -0.39 is 8.07 Å². The highest BCUT2D eigenvalue weighted by Gasteiger charge is 2.42. The largest absolute Gasteiger partial charge is 0.309 e. The summed E-state index contributed by atoms with van der Waals surface area (Å²) in [5.74, 6) is 0. The minimum absolute atomic E-state index is 0.0164. The Hall–Kier alpha value is -8.18. The zero-order chi connectivity index (χ0) is 55.7. The Balaban J connectivity index is 1.14. The summed E-state index contributed by atoms with van der Waals surface area (Å²) in [6.07, 6.45) is 0. The van der Waals surface area contributed by atoms with Gasteiger partial charge in [-0.05, 0) is 137 Å². The minimum Gasteiger partial charge on any atom is -0.309 e. The number of fused-ring (bicyclic) bond motifs is 9. The molecule has 0 amide bonds. The predicted molar refractivity (Wildman–Crippen MR) is 348 cm³/mol. The lowest BCUT2D eigenvalue weighted by Crippen LogP contribution is -2.74. The number of rotatable bonds is 7. The molecule has 3 heterocycles. The molecule has 4 heteroatoms. The van der Waals surface area contributed by atoms with Gasteiger partial charge in [-0.2, -0.15) is 0 Å². The average Bonchev–Trinajstić information content (AvgIpc) is 4.28. The lowest BCUT2D eigenvalue weighted by molar-refractivity contribution is 0.571. The highest BCUT2D eigenvalue weighted by Crippen LogP contribution is 2.45. The van der Waals surface area contributed by atoms with Crippen LogP contribution in [0, 0.1) is 0 Å². The second-order valence-electron chi connectivity index (χ2n) is 26.7. The predicted octanol–water partition coefficient (Wildman–Crippen LogP) is 17.5. The van der Waals surface area contributed by atoms with Crippen molar-refractivity contribution in [2.75, 3.05) is 0 Å². The molecule has 0 saturated heterocycles. The van der Waals surface area contributed by atoms with E-state index in [1.807, 2.05) is 0 Å². The fraction of sp³-hybridized carbons (Fsp3) is 0.211. The summed E-state index contributed by atoms with van der Waals surface area (Å²) in [6, 6.07) is 86.0. The van der Waals surface area contributed by atoms with E-state index >= 15 is 0 Å². The molecule has 0 bridgehead atoms. The monoisotopic (exact) mass is 1060 g/mol. The van der Waals surface area contributed by atoms with Crippen LogP contribution in [0.3, 0.4) is 0 Å². The van der Waals surface area contributed by atoms with Crippen molar-refractivity contribution in [3.63, 3.8) is 0 Å². The number of para-hydroxylation sites is 2. The molecule has 80 heavy (non-hydrogen) atoms. The third-order valence-corrected chi connectivity index (χ3v) is 22.1. The van der Waals surface area contributed by atoms with E-state index in [2.05, 4.69) is 321 Å². The van der Waals surface area contributed by atoms with Crippen LogP contribution in [0.5, 0.6) is 0 Å². The van der Waals surface area contributed by atoms with Crippen molar-refractivity contribution in [3.05, 3.63) is 247 Å². The van der Waals surface area contributed by atoms with Gasteiger partial charge < -0.3 is 13.7 Å². The number of hydrogen-bond donors (Lipinski definition) is 0. The van der Waals surface area contributed by atoms with Crippen LogP contribution in [0.1, 0.15) is 105 Å². The summed E-state index contributed by atoms with van der Waals surface area (Å²) in [6.45, 7) is 28.3. The van der Waals surface area contributed by atoms with E-state index in [9.17, 15) is 0 Å². The molecule has 0 unspecified atom stereocenters. The first kappa shape index (κ1) is 51.3. The van der Waals surface area contributed by atoms with Crippen LogP contribution in [-0.4, -0.2) is 21.8 Å². The smallest absolute Gasteiger partial charge is 0.179 e. The number of benzene rings is 10. The standard InChI is InChI=1S/C76H73N3Si/c1-73(2,3)50-43-63-59-35-22-24-37-67(59)78(71(63)65(45-50)75(7,8)9)53-39-41-69-61(48-53)62-49-54(79-68-38-25-23-36-60(68)64-44-51(74(4,5)6)46-66(72(64)79)76(10,11)12)40-42-70(62)77(69)52-27-26-34-58(47-52)80(55-28-16-13-17-29-55,56-30-18-14-19-31-56)57-32-20-15-21-33-57/h13-49H,1-12H3. The molecule has 3 aromatic heterocycles. The zero-order valence-corrected chi connectivity index (χ0v) is 49.7. The molecule has 0 N–H and O–H groups in total. The molecular formula is C76H73N3Si. The van der Waals surface area contributed by atoms with Gasteiger partial charge in [0.25, 0.3) is 0 Å². The van der Waals surface area contributed by atoms with Crippen LogP contribution in [-0.2, 0) is 21.7 Å². The molecule has 0 atom stereocenters. The third-order valence-electron chi connectivity index (χ3n) is 17.3. The quantitative estimate of drug-likeness (QED) is 0.112. The van der Waals surface area contributed by atoms with Gasteiger partial charge >= 0.3 is 0 Å². The van der Waals surface area contributed by atoms with Gasteiger partial charge in [-0.15, -0.1) is 0 Å². The van der Waals surface area contributed by atoms with Gasteiger partial charge in [0.1, 0.15) is 0 Å². The van der Waals surface area contributed by atoms with Crippen LogP contribution in [0.25, 0.3) is 82.5 Å². The Bertz CT molecular complexity index is 4240. The van der Waals surface area contributed by atoms with Crippen molar-refractivity contribution in [1.82, 2.24) is 13.7 Å². The third kappa shape index (κ3) is 8.12. The normalized spacial score (nSPS) is 13.0. The van der Waals surface area contributed by atoms with Crippen molar-refractivity contribution in [3.8, 4) is 17.1 Å². The van der Waals surface area contributed by atoms with E-state index in [-0.39, 0.29) is 21.7 Å². The van der Waals surface area contributed by atoms with E-state index in [0.29, 0.717) is 0 Å². The van der Waals surface area contributed by atoms with Gasteiger partial charge in [0, 0.05) is 49.4 Å². The summed E-state index contributed by atoms with van der Waals surface area (Å²) in [5, 5.41) is 13.0. The molecular weight excluding hydrogens is 983 g/mol. The van der Waals surface area contributed by atoms with Gasteiger partial charge in [-0.3, -0.25) is 0 Å². The first-order chi connectivity index (χ1) is 38.2. The SMILES string of the molecule is CC(C)(C)c1cc(C(C)(C)C)c2c(c1)c1ccccc1n2-c1ccc2c(c1)c1cc(-n3c4ccccc4c4cc(C(C)(C)C)cc(C(C)(C)C)c43)ccc1n2-c1cccc([Si](c2ccccc2)(c2ccccc2)c2ccccc2)c1. The molecule has 13 aromatic rings. The molecule has 0 aliphatic rings. The van der Waals surface area contributed by atoms with Crippen molar-refractivity contribution >= 4 is 94.2 Å². The first-order valence-corrected chi connectivity index (χ1v) is 30.8. The van der Waals surface area contributed by atoms with Gasteiger partial charge in [0.05, 0.1) is 33.1 Å². The fourth-order valence-corrected chi connectivity index (χ4v) is 18.0. The Labute approximate surface area is 473 Å². The van der Waals surface area contributed by atoms with Crippen molar-refractivity contribution in [2.45, 2.75) is 105 Å². The maximum Gasteiger partial charge on any atom is 0.179 e. The highest BCUT2D eigenvalue weighted by atomic mass is 28.3. The van der Waals surface area contributed by atoms with E-state index in [1.165, 1.54) is 108 Å². The van der Waals surface area contributed by atoms with Crippen LogP contribution >= 0.6 is 0 Å². The molecule has 3 nitrogen and oxygen atoms in total. The summed E-state index contributed by atoms with van der Waals surface area (Å²) in [5.41, 5.74) is 15.9. The van der Waals surface area contributed by atoms with Gasteiger partial charge in [0.2, 0.25) is 0 Å². The molecule has 0 saturated carbocycles. The Morgan fingerprint density at radius 2 is 0.600 bits per heavy atom. The molecule has 396 valence electrons. The summed E-state index contributed by atoms with van der Waals surface area (Å²) in [4.78, 5) is 0. The van der Waals surface area contributed by atoms with E-state index in [4.69, 9.17) is 0 Å². The minimum atomic E-state index is -2.87. The molecule has 0 spiro atoms. The summed E-state index contributed by atoms with van der Waals surface area (Å²) in [7, 11) is -2.87. The lowest BCUT2D eigenvalue weighted by atomic mass is 9.79. The van der Waals surface area contributed by atoms with Crippen LogP contribution in [0.2, 0.25) is 0 Å². The van der Waals surface area contributed by atoms with Crippen LogP contribution in [0.4, 0.5) is 0 Å². The topological polar surface area (TPSA) is 14.8 Å². The van der Waals surface area contributed by atoms with Gasteiger partial charge in [-0.1, -0.05) is 235 Å². The molecule has 13 rings (SSSR count). The summed E-state index contributed by atoms with van der Waals surface area (Å²) >= 11 is 0. The average molecular weight is 1060 g/mol. The number of aromatic nitrogens is 3. The van der Waals surface area contributed by atoms with Crippen molar-refractivity contribution in [1.29, 1.82) is 0 Å². The molecule has 10 aromatic carbocycles. The first-order valence-electron chi connectivity index (χ1n) is 28.8. The Morgan fingerprint density at radius 3 is 0.988 bits per heavy atom. The maximum absolute atomic E-state index is 2.87. The van der Waals surface area contributed by atoms with Crippen LogP contribution < -0.4 is 20.7 Å². The van der Waals surface area contributed by atoms with Crippen molar-refractivity contribution in [2.24, 2.45) is 0 Å². The molecule has 0 aliphatic heterocycles. The number of nitrogens with zero attached hydrogens (tertiary/aromatic N) is 3. The second-order valence-corrected chi connectivity index (χ2v) is 30.5. The maximum atomic E-state index is 2.57. The number of hydrogen-bond acceptors (Lipinski definition) is 0. The van der Waals surface area contributed by atoms with E-state index in [1.54, 1.807) is 0 Å². The fourth-order valence-electron chi connectivity index (χ4n) is 13.2. The van der Waals surface area contributed by atoms with Gasteiger partial charge in [-0.25, -0.2) is 0 Å². The van der Waals surface area contributed by atoms with Gasteiger partial charge in [0.15, 0.2) is 8.07 Å². The van der Waals surface area contributed by atoms with Crippen LogP contribution in [0.15, 0.2) is 224 Å². The van der Waals surface area contributed by atoms with Crippen molar-refractivity contribution < 1.29 is 0 Å². The Kier molecular flexibility index (Phi) is 11.8. The Morgan fingerprint density at radius 1 is 0.250 bits per heavy atom. The molecule has 0 aliphatic carbocycles. The second kappa shape index (κ2) is 18.4. The zero-order valence-electron chi connectivity index (χ0n) is 48.7. The highest BCUT2D eigenvalue weighted by molar-refractivity contribution is 7.19.